The van der Waals surface area contributed by atoms with Crippen LogP contribution in [0.5, 0.6) is 0 Å². The Morgan fingerprint density at radius 3 is 2.58 bits per heavy atom. The molecule has 0 spiro atoms. The molecule has 0 aromatic rings. The van der Waals surface area contributed by atoms with Crippen molar-refractivity contribution in [3.63, 3.8) is 0 Å². The average molecular weight is 267 g/mol. The molecule has 0 radical (unpaired) electrons. The van der Waals surface area contributed by atoms with Gasteiger partial charge in [0.2, 0.25) is 0 Å². The molecule has 0 aromatic heterocycles. The lowest BCUT2D eigenvalue weighted by Crippen LogP contribution is -2.56. The van der Waals surface area contributed by atoms with Crippen LogP contribution >= 0.6 is 0 Å². The van der Waals surface area contributed by atoms with Crippen LogP contribution in [0.3, 0.4) is 0 Å². The maximum absolute atomic E-state index is 12.2. The summed E-state index contributed by atoms with van der Waals surface area (Å²) >= 11 is 0. The van der Waals surface area contributed by atoms with Crippen LogP contribution in [0.4, 0.5) is 4.79 Å². The van der Waals surface area contributed by atoms with E-state index in [-0.39, 0.29) is 18.5 Å². The molecule has 106 valence electrons. The molecule has 1 saturated carbocycles. The first kappa shape index (κ1) is 15.3. The molecule has 0 heterocycles. The summed E-state index contributed by atoms with van der Waals surface area (Å²) in [5.41, 5.74) is -1.24. The second-order valence-corrected chi connectivity index (χ2v) is 5.15. The summed E-state index contributed by atoms with van der Waals surface area (Å²) in [5.74, 6) is -1.03. The highest BCUT2D eigenvalue weighted by Gasteiger charge is 2.38. The summed E-state index contributed by atoms with van der Waals surface area (Å²) < 4.78 is 0. The van der Waals surface area contributed by atoms with Crippen LogP contribution in [0.25, 0.3) is 0 Å². The topological polar surface area (TPSA) is 93.4 Å². The fraction of sp³-hybridized carbons (Fsp3) is 0.769. The van der Waals surface area contributed by atoms with E-state index in [2.05, 4.69) is 5.32 Å². The molecular formula is C13H21N3O3. The molecule has 1 aliphatic carbocycles. The molecule has 19 heavy (non-hydrogen) atoms. The van der Waals surface area contributed by atoms with Gasteiger partial charge in [-0.2, -0.15) is 5.26 Å². The van der Waals surface area contributed by atoms with Crippen molar-refractivity contribution in [1.29, 1.82) is 5.26 Å². The van der Waals surface area contributed by atoms with E-state index < -0.39 is 11.5 Å². The number of carbonyl (C=O) groups excluding carboxylic acids is 1. The lowest BCUT2D eigenvalue weighted by atomic mass is 9.96. The number of amides is 2. The van der Waals surface area contributed by atoms with Crippen LogP contribution in [0.2, 0.25) is 0 Å². The number of hydrogen-bond acceptors (Lipinski definition) is 3. The van der Waals surface area contributed by atoms with Crippen molar-refractivity contribution in [2.24, 2.45) is 0 Å². The summed E-state index contributed by atoms with van der Waals surface area (Å²) in [6.45, 7) is 3.75. The number of urea groups is 1. The van der Waals surface area contributed by atoms with Gasteiger partial charge in [0.25, 0.3) is 0 Å². The van der Waals surface area contributed by atoms with Gasteiger partial charge in [-0.05, 0) is 26.2 Å². The molecule has 1 atom stereocenters. The van der Waals surface area contributed by atoms with Gasteiger partial charge in [-0.15, -0.1) is 0 Å². The van der Waals surface area contributed by atoms with Crippen LogP contribution in [-0.4, -0.2) is 40.1 Å². The molecule has 1 rings (SSSR count). The maximum Gasteiger partial charge on any atom is 0.329 e. The summed E-state index contributed by atoms with van der Waals surface area (Å²) in [6.07, 6.45) is 3.17. The van der Waals surface area contributed by atoms with Crippen molar-refractivity contribution in [3.8, 4) is 6.07 Å². The summed E-state index contributed by atoms with van der Waals surface area (Å²) in [6, 6.07) is 1.79. The zero-order valence-electron chi connectivity index (χ0n) is 11.5. The van der Waals surface area contributed by atoms with Gasteiger partial charge in [-0.3, -0.25) is 0 Å². The summed E-state index contributed by atoms with van der Waals surface area (Å²) in [7, 11) is 0. The van der Waals surface area contributed by atoms with Crippen LogP contribution in [-0.2, 0) is 4.79 Å². The lowest BCUT2D eigenvalue weighted by Gasteiger charge is -2.30. The molecule has 2 N–H and O–H groups in total. The van der Waals surface area contributed by atoms with Gasteiger partial charge in [0.05, 0.1) is 12.5 Å². The molecule has 0 saturated heterocycles. The van der Waals surface area contributed by atoms with Crippen LogP contribution in [0, 0.1) is 11.3 Å². The molecule has 0 aromatic carbocycles. The second kappa shape index (κ2) is 6.41. The van der Waals surface area contributed by atoms with Gasteiger partial charge < -0.3 is 15.3 Å². The first-order valence-corrected chi connectivity index (χ1v) is 6.63. The Morgan fingerprint density at radius 1 is 1.53 bits per heavy atom. The van der Waals surface area contributed by atoms with Crippen LogP contribution in [0.1, 0.15) is 46.0 Å². The summed E-state index contributed by atoms with van der Waals surface area (Å²) in [5, 5.41) is 20.4. The Hall–Kier alpha value is -1.77. The van der Waals surface area contributed by atoms with Gasteiger partial charge >= 0.3 is 12.0 Å². The third-order valence-corrected chi connectivity index (χ3v) is 3.32. The van der Waals surface area contributed by atoms with E-state index in [1.807, 2.05) is 13.0 Å². The van der Waals surface area contributed by atoms with Crippen LogP contribution < -0.4 is 5.32 Å². The Bertz CT molecular complexity index is 387. The zero-order valence-corrected chi connectivity index (χ0v) is 11.5. The largest absolute Gasteiger partial charge is 0.480 e. The average Bonchev–Trinajstić information content (AvgIpc) is 3.14. The van der Waals surface area contributed by atoms with Gasteiger partial charge in [-0.1, -0.05) is 13.3 Å². The number of nitrogens with one attached hydrogen (secondary N) is 1. The monoisotopic (exact) mass is 267 g/mol. The highest BCUT2D eigenvalue weighted by atomic mass is 16.4. The first-order chi connectivity index (χ1) is 8.94. The SMILES string of the molecule is CCCC(C)(NC(=O)N(CCC#N)C1CC1)C(=O)O. The molecule has 1 fully saturated rings. The highest BCUT2D eigenvalue weighted by molar-refractivity contribution is 5.86. The highest BCUT2D eigenvalue weighted by Crippen LogP contribution is 2.27. The van der Waals surface area contributed by atoms with Gasteiger partial charge in [0.1, 0.15) is 5.54 Å². The van der Waals surface area contributed by atoms with Crippen LogP contribution in [0.15, 0.2) is 0 Å². The first-order valence-electron chi connectivity index (χ1n) is 6.63. The van der Waals surface area contributed by atoms with E-state index in [9.17, 15) is 14.7 Å². The van der Waals surface area contributed by atoms with Gasteiger partial charge in [0.15, 0.2) is 0 Å². The molecule has 0 aliphatic heterocycles. The predicted octanol–water partition coefficient (Wildman–Crippen LogP) is 1.72. The Morgan fingerprint density at radius 2 is 2.16 bits per heavy atom. The van der Waals surface area contributed by atoms with E-state index in [1.165, 1.54) is 6.92 Å². The van der Waals surface area contributed by atoms with E-state index in [0.717, 1.165) is 12.8 Å². The summed E-state index contributed by atoms with van der Waals surface area (Å²) in [4.78, 5) is 25.0. The molecule has 1 unspecified atom stereocenters. The molecule has 0 bridgehead atoms. The van der Waals surface area contributed by atoms with Crippen molar-refractivity contribution >= 4 is 12.0 Å². The molecular weight excluding hydrogens is 246 g/mol. The Balaban J connectivity index is 2.68. The van der Waals surface area contributed by atoms with E-state index in [4.69, 9.17) is 5.26 Å². The number of nitriles is 1. The maximum atomic E-state index is 12.2. The molecule has 1 aliphatic rings. The number of carbonyl (C=O) groups is 2. The van der Waals surface area contributed by atoms with E-state index in [1.54, 1.807) is 4.90 Å². The van der Waals surface area contributed by atoms with Crippen molar-refractivity contribution < 1.29 is 14.7 Å². The second-order valence-electron chi connectivity index (χ2n) is 5.15. The van der Waals surface area contributed by atoms with Crippen molar-refractivity contribution in [1.82, 2.24) is 10.2 Å². The number of carboxylic acid groups (broad SMARTS) is 1. The minimum atomic E-state index is -1.24. The lowest BCUT2D eigenvalue weighted by molar-refractivity contribution is -0.144. The number of rotatable bonds is 7. The third kappa shape index (κ3) is 4.12. The number of aliphatic carboxylic acids is 1. The fourth-order valence-corrected chi connectivity index (χ4v) is 2.04. The fourth-order valence-electron chi connectivity index (χ4n) is 2.04. The quantitative estimate of drug-likeness (QED) is 0.734. The Labute approximate surface area is 113 Å². The molecule has 6 nitrogen and oxygen atoms in total. The standard InChI is InChI=1S/C13H21N3O3/c1-3-7-13(2,11(17)18)15-12(19)16(9-4-8-14)10-5-6-10/h10H,3-7,9H2,1-2H3,(H,15,19)(H,17,18). The van der Waals surface area contributed by atoms with Gasteiger partial charge in [0, 0.05) is 12.6 Å². The smallest absolute Gasteiger partial charge is 0.329 e. The number of carboxylic acids is 1. The number of nitrogens with zero attached hydrogens (tertiary/aromatic N) is 2. The minimum absolute atomic E-state index is 0.160. The predicted molar refractivity (Wildman–Crippen MR) is 69.4 cm³/mol. The normalized spacial score (nSPS) is 17.1. The van der Waals surface area contributed by atoms with E-state index >= 15 is 0 Å². The van der Waals surface area contributed by atoms with Gasteiger partial charge in [-0.25, -0.2) is 9.59 Å². The molecule has 6 heteroatoms. The molecule has 2 amide bonds. The number of hydrogen-bond donors (Lipinski definition) is 2. The zero-order chi connectivity index (χ0) is 14.5. The van der Waals surface area contributed by atoms with Crippen molar-refractivity contribution in [3.05, 3.63) is 0 Å². The van der Waals surface area contributed by atoms with Crippen molar-refractivity contribution in [2.45, 2.75) is 57.5 Å². The van der Waals surface area contributed by atoms with Crippen molar-refractivity contribution in [2.75, 3.05) is 6.54 Å². The third-order valence-electron chi connectivity index (χ3n) is 3.32. The Kier molecular flexibility index (Phi) is 5.16. The van der Waals surface area contributed by atoms with E-state index in [0.29, 0.717) is 19.4 Å². The minimum Gasteiger partial charge on any atom is -0.480 e.